The lowest BCUT2D eigenvalue weighted by molar-refractivity contribution is -0.113. The van der Waals surface area contributed by atoms with Crippen LogP contribution in [0.15, 0.2) is 84.0 Å². The molecule has 5 nitrogen and oxygen atoms in total. The van der Waals surface area contributed by atoms with Crippen LogP contribution in [0, 0.1) is 6.92 Å². The van der Waals surface area contributed by atoms with Crippen LogP contribution in [0.2, 0.25) is 0 Å². The zero-order valence-electron chi connectivity index (χ0n) is 18.3. The van der Waals surface area contributed by atoms with Gasteiger partial charge >= 0.3 is 0 Å². The van der Waals surface area contributed by atoms with E-state index >= 15 is 0 Å². The number of anilines is 1. The molecule has 162 valence electrons. The number of aryl methyl sites for hydroxylation is 1. The van der Waals surface area contributed by atoms with E-state index in [0.717, 1.165) is 40.8 Å². The van der Waals surface area contributed by atoms with E-state index in [0.29, 0.717) is 0 Å². The third-order valence-electron chi connectivity index (χ3n) is 5.17. The van der Waals surface area contributed by atoms with Crippen LogP contribution >= 0.6 is 11.8 Å². The van der Waals surface area contributed by atoms with Gasteiger partial charge in [0, 0.05) is 17.8 Å². The van der Waals surface area contributed by atoms with Crippen molar-refractivity contribution in [2.24, 2.45) is 0 Å². The van der Waals surface area contributed by atoms with Crippen LogP contribution in [0.4, 0.5) is 5.69 Å². The molecule has 3 aromatic carbocycles. The zero-order valence-corrected chi connectivity index (χ0v) is 19.1. The molecule has 1 amide bonds. The van der Waals surface area contributed by atoms with Gasteiger partial charge in [-0.25, -0.2) is 0 Å². The van der Waals surface area contributed by atoms with Gasteiger partial charge in [-0.1, -0.05) is 84.1 Å². The van der Waals surface area contributed by atoms with Crippen molar-refractivity contribution in [3.8, 4) is 11.4 Å². The largest absolute Gasteiger partial charge is 0.325 e. The average Bonchev–Trinajstić information content (AvgIpc) is 3.23. The summed E-state index contributed by atoms with van der Waals surface area (Å²) in [5.74, 6) is 1.04. The predicted molar refractivity (Wildman–Crippen MR) is 131 cm³/mol. The van der Waals surface area contributed by atoms with Gasteiger partial charge in [0.15, 0.2) is 11.0 Å². The monoisotopic (exact) mass is 442 g/mol. The highest BCUT2D eigenvalue weighted by atomic mass is 32.2. The van der Waals surface area contributed by atoms with E-state index in [1.807, 2.05) is 48.5 Å². The molecule has 1 N–H and O–H groups in total. The van der Waals surface area contributed by atoms with Crippen LogP contribution in [-0.4, -0.2) is 26.4 Å². The number of carbonyl (C=O) groups is 1. The SMILES string of the molecule is CCn1c(SCC(=O)Nc2ccccc2Cc2ccccc2)nnc1-c1cccc(C)c1. The fraction of sp³-hybridized carbons (Fsp3) is 0.192. The third-order valence-corrected chi connectivity index (χ3v) is 6.14. The molecule has 4 aromatic rings. The molecular weight excluding hydrogens is 416 g/mol. The number of benzene rings is 3. The minimum atomic E-state index is -0.0572. The van der Waals surface area contributed by atoms with Crippen LogP contribution in [0.25, 0.3) is 11.4 Å². The fourth-order valence-electron chi connectivity index (χ4n) is 3.61. The summed E-state index contributed by atoms with van der Waals surface area (Å²) in [5, 5.41) is 12.5. The maximum absolute atomic E-state index is 12.7. The van der Waals surface area contributed by atoms with Gasteiger partial charge < -0.3 is 9.88 Å². The van der Waals surface area contributed by atoms with Crippen LogP contribution < -0.4 is 5.32 Å². The molecule has 0 saturated heterocycles. The van der Waals surface area contributed by atoms with Crippen LogP contribution in [0.5, 0.6) is 0 Å². The highest BCUT2D eigenvalue weighted by molar-refractivity contribution is 7.99. The van der Waals surface area contributed by atoms with Crippen LogP contribution in [0.1, 0.15) is 23.6 Å². The molecule has 0 atom stereocenters. The molecule has 0 aliphatic rings. The number of rotatable bonds is 8. The number of para-hydroxylation sites is 1. The molecule has 32 heavy (non-hydrogen) atoms. The molecule has 0 aliphatic heterocycles. The second kappa shape index (κ2) is 10.3. The van der Waals surface area contributed by atoms with Crippen molar-refractivity contribution >= 4 is 23.4 Å². The van der Waals surface area contributed by atoms with Crippen molar-refractivity contribution in [1.29, 1.82) is 0 Å². The van der Waals surface area contributed by atoms with Crippen molar-refractivity contribution in [2.45, 2.75) is 32.0 Å². The summed E-state index contributed by atoms with van der Waals surface area (Å²) in [6.07, 6.45) is 0.772. The van der Waals surface area contributed by atoms with E-state index in [4.69, 9.17) is 0 Å². The highest BCUT2D eigenvalue weighted by Crippen LogP contribution is 2.25. The van der Waals surface area contributed by atoms with Gasteiger partial charge in [0.2, 0.25) is 5.91 Å². The van der Waals surface area contributed by atoms with Crippen LogP contribution in [-0.2, 0) is 17.8 Å². The van der Waals surface area contributed by atoms with Gasteiger partial charge in [0.1, 0.15) is 0 Å². The summed E-state index contributed by atoms with van der Waals surface area (Å²) in [4.78, 5) is 12.7. The van der Waals surface area contributed by atoms with Gasteiger partial charge in [0.05, 0.1) is 5.75 Å². The van der Waals surface area contributed by atoms with Crippen molar-refractivity contribution < 1.29 is 4.79 Å². The average molecular weight is 443 g/mol. The Labute approximate surface area is 192 Å². The predicted octanol–water partition coefficient (Wildman–Crippen LogP) is 5.60. The summed E-state index contributed by atoms with van der Waals surface area (Å²) in [7, 11) is 0. The Morgan fingerprint density at radius 2 is 1.75 bits per heavy atom. The summed E-state index contributed by atoms with van der Waals surface area (Å²) < 4.78 is 2.05. The second-order valence-corrected chi connectivity index (χ2v) is 8.52. The number of nitrogens with one attached hydrogen (secondary N) is 1. The fourth-order valence-corrected chi connectivity index (χ4v) is 4.41. The van der Waals surface area contributed by atoms with Gasteiger partial charge in [-0.15, -0.1) is 10.2 Å². The van der Waals surface area contributed by atoms with Gasteiger partial charge in [-0.3, -0.25) is 4.79 Å². The first-order valence-corrected chi connectivity index (χ1v) is 11.7. The maximum Gasteiger partial charge on any atom is 0.234 e. The summed E-state index contributed by atoms with van der Waals surface area (Å²) in [6, 6.07) is 26.4. The molecular formula is C26H26N4OS. The first-order chi connectivity index (χ1) is 15.6. The first kappa shape index (κ1) is 21.8. The Balaban J connectivity index is 1.43. The minimum absolute atomic E-state index is 0.0572. The summed E-state index contributed by atoms with van der Waals surface area (Å²) in [5.41, 5.74) is 5.36. The number of nitrogens with zero attached hydrogens (tertiary/aromatic N) is 3. The quantitative estimate of drug-likeness (QED) is 0.361. The zero-order chi connectivity index (χ0) is 22.3. The normalized spacial score (nSPS) is 10.8. The van der Waals surface area contributed by atoms with E-state index in [1.54, 1.807) is 0 Å². The van der Waals surface area contributed by atoms with E-state index in [-0.39, 0.29) is 11.7 Å². The maximum atomic E-state index is 12.7. The lowest BCUT2D eigenvalue weighted by atomic mass is 10.0. The van der Waals surface area contributed by atoms with Gasteiger partial charge in [-0.05, 0) is 43.5 Å². The number of hydrogen-bond donors (Lipinski definition) is 1. The number of amides is 1. The molecule has 1 heterocycles. The smallest absolute Gasteiger partial charge is 0.234 e. The number of aromatic nitrogens is 3. The van der Waals surface area contributed by atoms with E-state index < -0.39 is 0 Å². The molecule has 4 rings (SSSR count). The molecule has 1 aromatic heterocycles. The molecule has 0 unspecified atom stereocenters. The Kier molecular flexibility index (Phi) is 7.02. The molecule has 0 spiro atoms. The van der Waals surface area contributed by atoms with Crippen molar-refractivity contribution in [3.63, 3.8) is 0 Å². The number of thioether (sulfide) groups is 1. The lowest BCUT2D eigenvalue weighted by Crippen LogP contribution is -2.16. The highest BCUT2D eigenvalue weighted by Gasteiger charge is 2.15. The Hall–Kier alpha value is -3.38. The molecule has 0 fully saturated rings. The Bertz CT molecular complexity index is 1200. The molecule has 6 heteroatoms. The lowest BCUT2D eigenvalue weighted by Gasteiger charge is -2.11. The molecule has 0 bridgehead atoms. The number of hydrogen-bond acceptors (Lipinski definition) is 4. The van der Waals surface area contributed by atoms with E-state index in [1.165, 1.54) is 22.9 Å². The molecule has 0 radical (unpaired) electrons. The van der Waals surface area contributed by atoms with Gasteiger partial charge in [0.25, 0.3) is 0 Å². The summed E-state index contributed by atoms with van der Waals surface area (Å²) in [6.45, 7) is 4.86. The minimum Gasteiger partial charge on any atom is -0.325 e. The van der Waals surface area contributed by atoms with Crippen molar-refractivity contribution in [1.82, 2.24) is 14.8 Å². The van der Waals surface area contributed by atoms with E-state index in [2.05, 4.69) is 64.3 Å². The number of carbonyl (C=O) groups excluding carboxylic acids is 1. The topological polar surface area (TPSA) is 59.8 Å². The van der Waals surface area contributed by atoms with Crippen molar-refractivity contribution in [3.05, 3.63) is 95.6 Å². The van der Waals surface area contributed by atoms with Crippen LogP contribution in [0.3, 0.4) is 0 Å². The summed E-state index contributed by atoms with van der Waals surface area (Å²) >= 11 is 1.41. The Morgan fingerprint density at radius 3 is 2.53 bits per heavy atom. The third kappa shape index (κ3) is 5.26. The Morgan fingerprint density at radius 1 is 0.969 bits per heavy atom. The van der Waals surface area contributed by atoms with E-state index in [9.17, 15) is 4.79 Å². The molecule has 0 aliphatic carbocycles. The second-order valence-electron chi connectivity index (χ2n) is 7.58. The first-order valence-electron chi connectivity index (χ1n) is 10.7. The molecule has 0 saturated carbocycles. The van der Waals surface area contributed by atoms with Gasteiger partial charge in [-0.2, -0.15) is 0 Å². The van der Waals surface area contributed by atoms with Crippen molar-refractivity contribution in [2.75, 3.05) is 11.1 Å². The standard InChI is InChI=1S/C26H26N4OS/c1-3-30-25(22-14-9-10-19(2)16-22)28-29-26(30)32-18-24(31)27-23-15-8-7-13-21(23)17-20-11-5-4-6-12-20/h4-16H,3,17-18H2,1-2H3,(H,27,31).